The van der Waals surface area contributed by atoms with Crippen LogP contribution in [0.4, 0.5) is 0 Å². The lowest BCUT2D eigenvalue weighted by molar-refractivity contribution is 0.224. The Kier molecular flexibility index (Phi) is 3.79. The van der Waals surface area contributed by atoms with E-state index in [1.165, 1.54) is 11.3 Å². The summed E-state index contributed by atoms with van der Waals surface area (Å²) in [5.41, 5.74) is 2.97. The summed E-state index contributed by atoms with van der Waals surface area (Å²) in [6, 6.07) is 7.41. The zero-order valence-corrected chi connectivity index (χ0v) is 11.8. The van der Waals surface area contributed by atoms with Crippen molar-refractivity contribution in [2.45, 2.75) is 20.0 Å². The van der Waals surface area contributed by atoms with Crippen molar-refractivity contribution in [1.29, 1.82) is 0 Å². The first-order valence-corrected chi connectivity index (χ1v) is 6.76. The summed E-state index contributed by atoms with van der Waals surface area (Å²) in [4.78, 5) is 0.806. The maximum absolute atomic E-state index is 10.3. The highest BCUT2D eigenvalue weighted by molar-refractivity contribution is 7.16. The van der Waals surface area contributed by atoms with Gasteiger partial charge in [0.1, 0.15) is 6.10 Å². The molecule has 0 saturated heterocycles. The summed E-state index contributed by atoms with van der Waals surface area (Å²) in [7, 11) is 0. The highest BCUT2D eigenvalue weighted by Gasteiger charge is 2.16. The fourth-order valence-corrected chi connectivity index (χ4v) is 3.03. The van der Waals surface area contributed by atoms with Crippen LogP contribution in [0.15, 0.2) is 24.3 Å². The Morgan fingerprint density at radius 3 is 2.35 bits per heavy atom. The SMILES string of the molecule is Cc1cc(Cl)c(C(O)c2ccc(Cl)s2)cc1C. The minimum absolute atomic E-state index is 0.588. The Morgan fingerprint density at radius 2 is 1.76 bits per heavy atom. The predicted molar refractivity (Wildman–Crippen MR) is 74.3 cm³/mol. The largest absolute Gasteiger partial charge is 0.383 e. The molecule has 0 bridgehead atoms. The smallest absolute Gasteiger partial charge is 0.115 e. The molecule has 1 aromatic heterocycles. The van der Waals surface area contributed by atoms with E-state index in [0.29, 0.717) is 9.36 Å². The Balaban J connectivity index is 2.43. The zero-order valence-electron chi connectivity index (χ0n) is 9.50. The Labute approximate surface area is 115 Å². The third-order valence-corrected chi connectivity index (χ3v) is 4.38. The summed E-state index contributed by atoms with van der Waals surface area (Å²) in [6.45, 7) is 4.00. The van der Waals surface area contributed by atoms with Gasteiger partial charge in [0.15, 0.2) is 0 Å². The standard InChI is InChI=1S/C13H12Cl2OS/c1-7-5-9(10(14)6-8(7)2)13(16)11-3-4-12(15)17-11/h3-6,13,16H,1-2H3. The topological polar surface area (TPSA) is 20.2 Å². The fraction of sp³-hybridized carbons (Fsp3) is 0.231. The first kappa shape index (κ1) is 12.9. The van der Waals surface area contributed by atoms with Crippen molar-refractivity contribution in [2.24, 2.45) is 0 Å². The number of thiophene rings is 1. The molecule has 0 fully saturated rings. The lowest BCUT2D eigenvalue weighted by Gasteiger charge is -2.13. The van der Waals surface area contributed by atoms with E-state index in [9.17, 15) is 5.11 Å². The normalized spacial score (nSPS) is 12.8. The molecule has 1 atom stereocenters. The van der Waals surface area contributed by atoms with E-state index in [1.807, 2.05) is 32.0 Å². The molecule has 2 aromatic rings. The number of hydrogen-bond acceptors (Lipinski definition) is 2. The molecule has 0 aliphatic carbocycles. The average molecular weight is 287 g/mol. The van der Waals surface area contributed by atoms with E-state index in [0.717, 1.165) is 21.6 Å². The van der Waals surface area contributed by atoms with Gasteiger partial charge in [0.25, 0.3) is 0 Å². The van der Waals surface area contributed by atoms with Gasteiger partial charge in [0, 0.05) is 15.5 Å². The highest BCUT2D eigenvalue weighted by Crippen LogP contribution is 2.35. The molecule has 0 aliphatic rings. The molecule has 1 aromatic carbocycles. The predicted octanol–water partition coefficient (Wildman–Crippen LogP) is 4.75. The van der Waals surface area contributed by atoms with Crippen LogP contribution in [0.3, 0.4) is 0 Å². The van der Waals surface area contributed by atoms with E-state index in [2.05, 4.69) is 0 Å². The van der Waals surface area contributed by atoms with Crippen LogP contribution in [0.5, 0.6) is 0 Å². The van der Waals surface area contributed by atoms with Gasteiger partial charge < -0.3 is 5.11 Å². The quantitative estimate of drug-likeness (QED) is 0.844. The molecule has 0 aliphatic heterocycles. The molecular formula is C13H12Cl2OS. The zero-order chi connectivity index (χ0) is 12.6. The van der Waals surface area contributed by atoms with E-state index in [1.54, 1.807) is 6.07 Å². The van der Waals surface area contributed by atoms with Crippen LogP contribution in [0, 0.1) is 13.8 Å². The van der Waals surface area contributed by atoms with Gasteiger partial charge in [0.05, 0.1) is 4.34 Å². The Bertz CT molecular complexity index is 548. The summed E-state index contributed by atoms with van der Waals surface area (Å²) >= 11 is 13.4. The monoisotopic (exact) mass is 286 g/mol. The van der Waals surface area contributed by atoms with Crippen molar-refractivity contribution in [2.75, 3.05) is 0 Å². The number of halogens is 2. The van der Waals surface area contributed by atoms with Crippen molar-refractivity contribution in [3.8, 4) is 0 Å². The highest BCUT2D eigenvalue weighted by atomic mass is 35.5. The Hall–Kier alpha value is -0.540. The fourth-order valence-electron chi connectivity index (χ4n) is 1.64. The van der Waals surface area contributed by atoms with Crippen LogP contribution in [-0.2, 0) is 0 Å². The van der Waals surface area contributed by atoms with Gasteiger partial charge >= 0.3 is 0 Å². The van der Waals surface area contributed by atoms with Crippen molar-refractivity contribution < 1.29 is 5.11 Å². The molecule has 0 radical (unpaired) electrons. The summed E-state index contributed by atoms with van der Waals surface area (Å²) in [5.74, 6) is 0. The second kappa shape index (κ2) is 4.99. The summed E-state index contributed by atoms with van der Waals surface area (Å²) < 4.78 is 0.666. The number of aliphatic hydroxyl groups is 1. The van der Waals surface area contributed by atoms with Gasteiger partial charge in [-0.3, -0.25) is 0 Å². The number of benzene rings is 1. The molecule has 0 amide bonds. The minimum atomic E-state index is -0.709. The third-order valence-electron chi connectivity index (χ3n) is 2.77. The van der Waals surface area contributed by atoms with Gasteiger partial charge in [0.2, 0.25) is 0 Å². The minimum Gasteiger partial charge on any atom is -0.383 e. The van der Waals surface area contributed by atoms with Gasteiger partial charge in [-0.2, -0.15) is 0 Å². The molecule has 90 valence electrons. The molecule has 0 spiro atoms. The van der Waals surface area contributed by atoms with Crippen molar-refractivity contribution >= 4 is 34.5 Å². The first-order valence-electron chi connectivity index (χ1n) is 5.19. The second-order valence-electron chi connectivity index (χ2n) is 4.00. The van der Waals surface area contributed by atoms with Crippen molar-refractivity contribution in [3.05, 3.63) is 55.2 Å². The number of rotatable bonds is 2. The van der Waals surface area contributed by atoms with E-state index < -0.39 is 6.10 Å². The molecule has 4 heteroatoms. The van der Waals surface area contributed by atoms with E-state index in [-0.39, 0.29) is 0 Å². The maximum Gasteiger partial charge on any atom is 0.115 e. The third kappa shape index (κ3) is 2.66. The van der Waals surface area contributed by atoms with Crippen LogP contribution < -0.4 is 0 Å². The van der Waals surface area contributed by atoms with E-state index in [4.69, 9.17) is 23.2 Å². The maximum atomic E-state index is 10.3. The molecule has 1 unspecified atom stereocenters. The number of aryl methyl sites for hydroxylation is 2. The van der Waals surface area contributed by atoms with Crippen LogP contribution >= 0.6 is 34.5 Å². The number of hydrogen-bond donors (Lipinski definition) is 1. The first-order chi connectivity index (χ1) is 7.99. The molecule has 1 N–H and O–H groups in total. The summed E-state index contributed by atoms with van der Waals surface area (Å²) in [5, 5.41) is 10.9. The van der Waals surface area contributed by atoms with Crippen LogP contribution in [0.2, 0.25) is 9.36 Å². The van der Waals surface area contributed by atoms with Crippen LogP contribution in [0.1, 0.15) is 27.7 Å². The Morgan fingerprint density at radius 1 is 1.12 bits per heavy atom. The van der Waals surface area contributed by atoms with Gasteiger partial charge in [-0.05, 0) is 43.2 Å². The molecular weight excluding hydrogens is 275 g/mol. The van der Waals surface area contributed by atoms with Gasteiger partial charge in [-0.1, -0.05) is 29.3 Å². The van der Waals surface area contributed by atoms with Crippen molar-refractivity contribution in [1.82, 2.24) is 0 Å². The van der Waals surface area contributed by atoms with E-state index >= 15 is 0 Å². The van der Waals surface area contributed by atoms with Crippen molar-refractivity contribution in [3.63, 3.8) is 0 Å². The lowest BCUT2D eigenvalue weighted by atomic mass is 10.0. The van der Waals surface area contributed by atoms with Crippen LogP contribution in [0.25, 0.3) is 0 Å². The second-order valence-corrected chi connectivity index (χ2v) is 6.16. The summed E-state index contributed by atoms with van der Waals surface area (Å²) in [6.07, 6.45) is -0.709. The molecule has 0 saturated carbocycles. The molecule has 2 rings (SSSR count). The molecule has 1 heterocycles. The molecule has 17 heavy (non-hydrogen) atoms. The average Bonchev–Trinajstić information content (AvgIpc) is 2.69. The van der Waals surface area contributed by atoms with Gasteiger partial charge in [-0.15, -0.1) is 11.3 Å². The molecule has 1 nitrogen and oxygen atoms in total. The lowest BCUT2D eigenvalue weighted by Crippen LogP contribution is -1.99. The van der Waals surface area contributed by atoms with Crippen LogP contribution in [-0.4, -0.2) is 5.11 Å². The van der Waals surface area contributed by atoms with Gasteiger partial charge in [-0.25, -0.2) is 0 Å². The number of aliphatic hydroxyl groups excluding tert-OH is 1.